The van der Waals surface area contributed by atoms with Gasteiger partial charge in [-0.25, -0.2) is 4.79 Å². The smallest absolute Gasteiger partial charge is 0.396 e. The van der Waals surface area contributed by atoms with Crippen LogP contribution in [0.1, 0.15) is 23.2 Å². The van der Waals surface area contributed by atoms with Crippen molar-refractivity contribution in [3.05, 3.63) is 34.1 Å². The van der Waals surface area contributed by atoms with Gasteiger partial charge < -0.3 is 9.15 Å². The van der Waals surface area contributed by atoms with Gasteiger partial charge in [-0.1, -0.05) is 5.10 Å². The largest absolute Gasteiger partial charge is 0.459 e. The Bertz CT molecular complexity index is 681. The van der Waals surface area contributed by atoms with Gasteiger partial charge in [-0.05, 0) is 52.8 Å². The van der Waals surface area contributed by atoms with Gasteiger partial charge in [0.1, 0.15) is 6.07 Å². The first-order valence-electron chi connectivity index (χ1n) is 5.52. The minimum atomic E-state index is -0.646. The summed E-state index contributed by atoms with van der Waals surface area (Å²) in [6, 6.07) is 7.24. The number of carbonyl (C=O) groups is 1. The molecule has 20 heavy (non-hydrogen) atoms. The third kappa shape index (κ3) is 3.37. The van der Waals surface area contributed by atoms with E-state index in [2.05, 4.69) is 32.2 Å². The van der Waals surface area contributed by atoms with Crippen molar-refractivity contribution in [3.8, 4) is 6.07 Å². The molecule has 0 atom stereocenters. The van der Waals surface area contributed by atoms with Crippen molar-refractivity contribution in [2.75, 3.05) is 6.61 Å². The van der Waals surface area contributed by atoms with Crippen molar-refractivity contribution in [1.82, 2.24) is 10.2 Å². The summed E-state index contributed by atoms with van der Waals surface area (Å²) >= 11 is 4.48. The van der Waals surface area contributed by atoms with Gasteiger partial charge >= 0.3 is 11.9 Å². The maximum atomic E-state index is 11.4. The molecule has 0 aliphatic rings. The molecule has 8 heteroatoms. The first kappa shape index (κ1) is 14.6. The topological polar surface area (TPSA) is 89.0 Å². The average molecular weight is 354 g/mol. The van der Waals surface area contributed by atoms with Gasteiger partial charge in [0.2, 0.25) is 0 Å². The van der Waals surface area contributed by atoms with E-state index in [4.69, 9.17) is 14.4 Å². The molecule has 0 amide bonds. The van der Waals surface area contributed by atoms with Crippen LogP contribution in [0.25, 0.3) is 0 Å². The predicted octanol–water partition coefficient (Wildman–Crippen LogP) is 3.03. The number of hydrogen-bond acceptors (Lipinski definition) is 7. The third-order valence-corrected chi connectivity index (χ3v) is 3.61. The molecule has 102 valence electrons. The average Bonchev–Trinajstić information content (AvgIpc) is 2.88. The molecule has 2 aromatic rings. The molecule has 0 aliphatic heterocycles. The van der Waals surface area contributed by atoms with E-state index >= 15 is 0 Å². The van der Waals surface area contributed by atoms with Gasteiger partial charge in [-0.3, -0.25) is 0 Å². The van der Waals surface area contributed by atoms with Gasteiger partial charge in [-0.2, -0.15) is 5.26 Å². The molecule has 2 rings (SSSR count). The highest BCUT2D eigenvalue weighted by atomic mass is 79.9. The van der Waals surface area contributed by atoms with E-state index in [0.29, 0.717) is 10.0 Å². The summed E-state index contributed by atoms with van der Waals surface area (Å²) in [5.41, 5.74) is 0.534. The monoisotopic (exact) mass is 353 g/mol. The second-order valence-corrected chi connectivity index (χ2v) is 5.33. The number of hydrogen-bond donors (Lipinski definition) is 0. The van der Waals surface area contributed by atoms with Crippen LogP contribution in [0.15, 0.2) is 37.2 Å². The molecule has 0 aliphatic carbocycles. The molecular weight excluding hydrogens is 346 g/mol. The van der Waals surface area contributed by atoms with E-state index in [1.807, 2.05) is 0 Å². The first-order valence-corrected chi connectivity index (χ1v) is 7.13. The molecule has 0 fully saturated rings. The summed E-state index contributed by atoms with van der Waals surface area (Å²) in [4.78, 5) is 12.2. The van der Waals surface area contributed by atoms with E-state index in [1.165, 1.54) is 11.8 Å². The number of carbonyl (C=O) groups excluding carboxylic acids is 1. The number of nitriles is 1. The van der Waals surface area contributed by atoms with Crippen LogP contribution in [0.3, 0.4) is 0 Å². The Morgan fingerprint density at radius 2 is 2.35 bits per heavy atom. The lowest BCUT2D eigenvalue weighted by molar-refractivity contribution is 0.0475. The van der Waals surface area contributed by atoms with Gasteiger partial charge in [0, 0.05) is 9.37 Å². The summed E-state index contributed by atoms with van der Waals surface area (Å²) in [7, 11) is 0. The number of nitrogens with zero attached hydrogens (tertiary/aromatic N) is 3. The summed E-state index contributed by atoms with van der Waals surface area (Å²) in [5, 5.41) is 16.4. The fourth-order valence-corrected chi connectivity index (χ4v) is 2.61. The van der Waals surface area contributed by atoms with Crippen molar-refractivity contribution in [3.63, 3.8) is 0 Å². The summed E-state index contributed by atoms with van der Waals surface area (Å²) in [6.45, 7) is 1.93. The minimum absolute atomic E-state index is 0.179. The number of ether oxygens (including phenoxy) is 1. The van der Waals surface area contributed by atoms with Crippen molar-refractivity contribution in [2.45, 2.75) is 17.0 Å². The van der Waals surface area contributed by atoms with Gasteiger partial charge in [0.15, 0.2) is 0 Å². The van der Waals surface area contributed by atoms with Crippen LogP contribution in [0.2, 0.25) is 0 Å². The van der Waals surface area contributed by atoms with E-state index < -0.39 is 5.97 Å². The van der Waals surface area contributed by atoms with E-state index in [1.54, 1.807) is 25.1 Å². The summed E-state index contributed by atoms with van der Waals surface area (Å²) < 4.78 is 10.6. The second-order valence-electron chi connectivity index (χ2n) is 3.45. The molecule has 0 spiro atoms. The fraction of sp³-hybridized carbons (Fsp3) is 0.167. The number of halogens is 1. The van der Waals surface area contributed by atoms with Crippen molar-refractivity contribution in [1.29, 1.82) is 5.26 Å². The molecule has 0 bridgehead atoms. The van der Waals surface area contributed by atoms with Crippen LogP contribution in [-0.4, -0.2) is 22.8 Å². The zero-order chi connectivity index (χ0) is 14.5. The molecule has 6 nitrogen and oxygen atoms in total. The Balaban J connectivity index is 2.13. The Kier molecular flexibility index (Phi) is 4.76. The molecule has 0 N–H and O–H groups in total. The molecular formula is C12H8BrN3O3S. The van der Waals surface area contributed by atoms with E-state index in [0.717, 1.165) is 4.90 Å². The standard InChI is InChI=1S/C12H8BrN3O3S/c1-2-18-11(17)10-15-16-12(19-10)20-8-4-3-7(6-14)9(13)5-8/h3-5H,2H2,1H3. The summed E-state index contributed by atoms with van der Waals surface area (Å²) in [5.74, 6) is -0.824. The zero-order valence-corrected chi connectivity index (χ0v) is 12.7. The lowest BCUT2D eigenvalue weighted by Gasteiger charge is -1.99. The number of aromatic nitrogens is 2. The number of esters is 1. The van der Waals surface area contributed by atoms with Crippen molar-refractivity contribution >= 4 is 33.7 Å². The fourth-order valence-electron chi connectivity index (χ4n) is 1.28. The molecule has 0 saturated heterocycles. The number of rotatable bonds is 4. The second kappa shape index (κ2) is 6.54. The minimum Gasteiger partial charge on any atom is -0.459 e. The lowest BCUT2D eigenvalue weighted by atomic mass is 10.2. The highest BCUT2D eigenvalue weighted by Crippen LogP contribution is 2.30. The van der Waals surface area contributed by atoms with Crippen LogP contribution >= 0.6 is 27.7 Å². The Morgan fingerprint density at radius 1 is 1.55 bits per heavy atom. The van der Waals surface area contributed by atoms with Crippen LogP contribution in [0, 0.1) is 11.3 Å². The Morgan fingerprint density at radius 3 is 3.00 bits per heavy atom. The molecule has 0 unspecified atom stereocenters. The third-order valence-electron chi connectivity index (χ3n) is 2.12. The van der Waals surface area contributed by atoms with Crippen LogP contribution in [0.4, 0.5) is 0 Å². The van der Waals surface area contributed by atoms with Crippen molar-refractivity contribution < 1.29 is 13.9 Å². The van der Waals surface area contributed by atoms with Crippen LogP contribution in [0.5, 0.6) is 0 Å². The number of benzene rings is 1. The van der Waals surface area contributed by atoms with Crippen molar-refractivity contribution in [2.24, 2.45) is 0 Å². The maximum absolute atomic E-state index is 11.4. The molecule has 1 aromatic heterocycles. The van der Waals surface area contributed by atoms with E-state index in [-0.39, 0.29) is 17.7 Å². The van der Waals surface area contributed by atoms with Gasteiger partial charge in [0.05, 0.1) is 12.2 Å². The predicted molar refractivity (Wildman–Crippen MR) is 73.2 cm³/mol. The van der Waals surface area contributed by atoms with Crippen LogP contribution in [-0.2, 0) is 4.74 Å². The SMILES string of the molecule is CCOC(=O)c1nnc(Sc2ccc(C#N)c(Br)c2)o1. The quantitative estimate of drug-likeness (QED) is 0.780. The molecule has 0 radical (unpaired) electrons. The van der Waals surface area contributed by atoms with Gasteiger partial charge in [0.25, 0.3) is 5.22 Å². The van der Waals surface area contributed by atoms with Crippen LogP contribution < -0.4 is 0 Å². The first-order chi connectivity index (χ1) is 9.63. The highest BCUT2D eigenvalue weighted by molar-refractivity contribution is 9.10. The highest BCUT2D eigenvalue weighted by Gasteiger charge is 2.16. The molecule has 0 saturated carbocycles. The normalized spacial score (nSPS) is 10.1. The molecule has 1 heterocycles. The maximum Gasteiger partial charge on any atom is 0.396 e. The summed E-state index contributed by atoms with van der Waals surface area (Å²) in [6.07, 6.45) is 0. The lowest BCUT2D eigenvalue weighted by Crippen LogP contribution is -2.04. The Hall–Kier alpha value is -1.85. The zero-order valence-electron chi connectivity index (χ0n) is 10.3. The van der Waals surface area contributed by atoms with E-state index in [9.17, 15) is 4.79 Å². The molecule has 1 aromatic carbocycles. The van der Waals surface area contributed by atoms with Gasteiger partial charge in [-0.15, -0.1) is 5.10 Å². The Labute approximate surface area is 127 Å².